The Morgan fingerprint density at radius 3 is 1.74 bits per heavy atom. The van der Waals surface area contributed by atoms with Crippen LogP contribution in [-0.2, 0) is 30.2 Å². The first-order valence-electron chi connectivity index (χ1n) is 17.1. The molecule has 0 N–H and O–H groups in total. The third kappa shape index (κ3) is 14.3. The second-order valence-corrected chi connectivity index (χ2v) is 14.3. The number of halogens is 1. The van der Waals surface area contributed by atoms with Gasteiger partial charge in [-0.1, -0.05) is 114 Å². The SMILES string of the molecule is CCCCCCCCCCCCCCCCOc1ccc(CN(Cc2cc[n+](C)cc2)S(=O)(=O)c2ccc(C)cc2)cc1OC.[I-]. The fourth-order valence-corrected chi connectivity index (χ4v) is 6.95. The van der Waals surface area contributed by atoms with E-state index in [1.807, 2.05) is 73.4 Å². The zero-order chi connectivity index (χ0) is 32.3. The third-order valence-corrected chi connectivity index (χ3v) is 10.2. The van der Waals surface area contributed by atoms with Crippen LogP contribution in [0.15, 0.2) is 71.9 Å². The standard InChI is InChI=1S/C38H57N2O4S.HI/c1-5-6-7-8-9-10-11-12-13-14-15-16-17-18-29-44-37-24-21-35(30-38(37)43-4)32-40(31-34-25-27-39(3)28-26-34)45(41,42)36-22-19-33(2)20-23-36;/h19-28,30H,5-18,29,31-32H2,1-4H3;1H/q+1;/p-1. The molecule has 0 atom stereocenters. The summed E-state index contributed by atoms with van der Waals surface area (Å²) in [5.74, 6) is 1.32. The molecule has 0 aliphatic rings. The van der Waals surface area contributed by atoms with Crippen molar-refractivity contribution in [2.45, 2.75) is 122 Å². The van der Waals surface area contributed by atoms with Crippen molar-refractivity contribution >= 4 is 10.0 Å². The zero-order valence-corrected chi connectivity index (χ0v) is 31.7. The van der Waals surface area contributed by atoms with Crippen LogP contribution in [0.4, 0.5) is 0 Å². The molecule has 0 unspecified atom stereocenters. The maximum Gasteiger partial charge on any atom is 0.243 e. The van der Waals surface area contributed by atoms with E-state index in [0.717, 1.165) is 23.1 Å². The van der Waals surface area contributed by atoms with E-state index in [1.54, 1.807) is 19.2 Å². The topological polar surface area (TPSA) is 59.7 Å². The molecule has 3 rings (SSSR count). The number of methoxy groups -OCH3 is 1. The molecule has 1 heterocycles. The Morgan fingerprint density at radius 2 is 1.20 bits per heavy atom. The number of benzene rings is 2. The Kier molecular flexibility index (Phi) is 19.5. The Hall–Kier alpha value is -2.17. The number of ether oxygens (including phenoxy) is 2. The highest BCUT2D eigenvalue weighted by Crippen LogP contribution is 2.30. The Bertz CT molecular complexity index is 1350. The van der Waals surface area contributed by atoms with Crippen LogP contribution in [0.1, 0.15) is 114 Å². The van der Waals surface area contributed by atoms with E-state index < -0.39 is 10.0 Å². The molecule has 0 amide bonds. The van der Waals surface area contributed by atoms with Gasteiger partial charge in [-0.15, -0.1) is 0 Å². The molecule has 0 fully saturated rings. The minimum atomic E-state index is -3.74. The molecule has 8 heteroatoms. The maximum absolute atomic E-state index is 13.8. The summed E-state index contributed by atoms with van der Waals surface area (Å²) in [5, 5.41) is 0. The van der Waals surface area contributed by atoms with Crippen molar-refractivity contribution in [3.63, 3.8) is 0 Å². The summed E-state index contributed by atoms with van der Waals surface area (Å²) in [7, 11) is -0.165. The molecule has 0 aliphatic carbocycles. The van der Waals surface area contributed by atoms with Crippen LogP contribution in [0.3, 0.4) is 0 Å². The first-order valence-corrected chi connectivity index (χ1v) is 18.6. The second-order valence-electron chi connectivity index (χ2n) is 12.4. The quantitative estimate of drug-likeness (QED) is 0.0668. The molecule has 0 radical (unpaired) electrons. The minimum Gasteiger partial charge on any atom is -1.00 e. The lowest BCUT2D eigenvalue weighted by Gasteiger charge is -2.23. The number of aromatic nitrogens is 1. The van der Waals surface area contributed by atoms with Gasteiger partial charge in [0.05, 0.1) is 18.6 Å². The van der Waals surface area contributed by atoms with Crippen molar-refractivity contribution in [3.8, 4) is 11.5 Å². The van der Waals surface area contributed by atoms with Crippen LogP contribution >= 0.6 is 0 Å². The van der Waals surface area contributed by atoms with E-state index in [4.69, 9.17) is 9.47 Å². The van der Waals surface area contributed by atoms with Crippen molar-refractivity contribution in [2.75, 3.05) is 13.7 Å². The largest absolute Gasteiger partial charge is 1.00 e. The summed E-state index contributed by atoms with van der Waals surface area (Å²) in [6.07, 6.45) is 22.4. The van der Waals surface area contributed by atoms with Crippen LogP contribution < -0.4 is 38.0 Å². The number of pyridine rings is 1. The number of sulfonamides is 1. The lowest BCUT2D eigenvalue weighted by molar-refractivity contribution is -0.671. The molecular weight excluding hydrogens is 707 g/mol. The highest BCUT2D eigenvalue weighted by Gasteiger charge is 2.26. The van der Waals surface area contributed by atoms with Gasteiger partial charge in [-0.2, -0.15) is 4.31 Å². The Balaban J connectivity index is 0.00000736. The molecule has 1 aromatic heterocycles. The van der Waals surface area contributed by atoms with Crippen molar-refractivity contribution < 1.29 is 46.4 Å². The lowest BCUT2D eigenvalue weighted by atomic mass is 10.0. The van der Waals surface area contributed by atoms with E-state index in [0.29, 0.717) is 18.1 Å². The van der Waals surface area contributed by atoms with Crippen LogP contribution in [0.25, 0.3) is 0 Å². The van der Waals surface area contributed by atoms with E-state index in [2.05, 4.69) is 6.92 Å². The van der Waals surface area contributed by atoms with Crippen molar-refractivity contribution in [1.29, 1.82) is 0 Å². The highest BCUT2D eigenvalue weighted by atomic mass is 127. The van der Waals surface area contributed by atoms with Gasteiger partial charge in [0.1, 0.15) is 7.05 Å². The number of aryl methyl sites for hydroxylation is 2. The average molecular weight is 765 g/mol. The summed E-state index contributed by atoms with van der Waals surface area (Å²) in [6.45, 7) is 5.35. The first-order chi connectivity index (χ1) is 21.8. The monoisotopic (exact) mass is 764 g/mol. The normalized spacial score (nSPS) is 11.4. The summed E-state index contributed by atoms with van der Waals surface area (Å²) in [6, 6.07) is 16.7. The maximum atomic E-state index is 13.8. The van der Waals surface area contributed by atoms with Crippen LogP contribution in [-0.4, -0.2) is 26.4 Å². The fraction of sp³-hybridized carbons (Fsp3) is 0.553. The predicted molar refractivity (Wildman–Crippen MR) is 184 cm³/mol. The number of nitrogens with zero attached hydrogens (tertiary/aromatic N) is 2. The van der Waals surface area contributed by atoms with Gasteiger partial charge in [0, 0.05) is 25.2 Å². The smallest absolute Gasteiger partial charge is 0.243 e. The fourth-order valence-electron chi connectivity index (χ4n) is 5.54. The summed E-state index contributed by atoms with van der Waals surface area (Å²) in [4.78, 5) is 0.287. The van der Waals surface area contributed by atoms with Gasteiger partial charge in [0.15, 0.2) is 23.9 Å². The molecule has 0 bridgehead atoms. The van der Waals surface area contributed by atoms with Gasteiger partial charge in [-0.05, 0) is 48.7 Å². The molecule has 3 aromatic rings. The van der Waals surface area contributed by atoms with E-state index in [1.165, 1.54) is 87.8 Å². The van der Waals surface area contributed by atoms with E-state index in [9.17, 15) is 8.42 Å². The predicted octanol–water partition coefficient (Wildman–Crippen LogP) is 6.08. The van der Waals surface area contributed by atoms with Crippen molar-refractivity contribution in [1.82, 2.24) is 4.31 Å². The van der Waals surface area contributed by atoms with Gasteiger partial charge in [-0.25, -0.2) is 13.0 Å². The Morgan fingerprint density at radius 1 is 0.674 bits per heavy atom. The van der Waals surface area contributed by atoms with Gasteiger partial charge in [0.25, 0.3) is 0 Å². The molecule has 0 saturated carbocycles. The van der Waals surface area contributed by atoms with Crippen LogP contribution in [0.2, 0.25) is 0 Å². The number of rotatable bonds is 23. The van der Waals surface area contributed by atoms with Gasteiger partial charge >= 0.3 is 0 Å². The third-order valence-electron chi connectivity index (χ3n) is 8.41. The lowest BCUT2D eigenvalue weighted by Crippen LogP contribution is -3.00. The van der Waals surface area contributed by atoms with E-state index in [-0.39, 0.29) is 42.0 Å². The number of hydrogen-bond acceptors (Lipinski definition) is 4. The van der Waals surface area contributed by atoms with Gasteiger partial charge in [0.2, 0.25) is 10.0 Å². The van der Waals surface area contributed by atoms with Crippen molar-refractivity contribution in [2.24, 2.45) is 7.05 Å². The van der Waals surface area contributed by atoms with Gasteiger partial charge in [-0.3, -0.25) is 0 Å². The molecule has 2 aromatic carbocycles. The second kappa shape index (κ2) is 22.4. The summed E-state index contributed by atoms with van der Waals surface area (Å²) in [5.41, 5.74) is 2.78. The number of hydrogen-bond donors (Lipinski definition) is 0. The minimum absolute atomic E-state index is 0. The van der Waals surface area contributed by atoms with Crippen LogP contribution in [0, 0.1) is 6.92 Å². The highest BCUT2D eigenvalue weighted by molar-refractivity contribution is 7.89. The molecule has 256 valence electrons. The van der Waals surface area contributed by atoms with Crippen LogP contribution in [0.5, 0.6) is 11.5 Å². The first kappa shape index (κ1) is 40.0. The van der Waals surface area contributed by atoms with Gasteiger partial charge < -0.3 is 33.5 Å². The van der Waals surface area contributed by atoms with E-state index >= 15 is 0 Å². The molecule has 0 aliphatic heterocycles. The average Bonchev–Trinajstić information content (AvgIpc) is 3.04. The molecule has 0 saturated heterocycles. The molecule has 6 nitrogen and oxygen atoms in total. The molecule has 0 spiro atoms. The molecule has 46 heavy (non-hydrogen) atoms. The Labute approximate surface area is 297 Å². The van der Waals surface area contributed by atoms with Crippen molar-refractivity contribution in [3.05, 3.63) is 83.7 Å². The molecular formula is C38H57IN2O4S. The summed E-state index contributed by atoms with van der Waals surface area (Å²) < 4.78 is 42.8. The zero-order valence-electron chi connectivity index (χ0n) is 28.7. The number of unbranched alkanes of at least 4 members (excludes halogenated alkanes) is 13. The summed E-state index contributed by atoms with van der Waals surface area (Å²) >= 11 is 0.